The number of nitrogens with one attached hydrogen (secondary N) is 1. The van der Waals surface area contributed by atoms with Crippen molar-refractivity contribution in [2.75, 3.05) is 13.1 Å². The number of rotatable bonds is 5. The Kier molecular flexibility index (Phi) is 7.32. The predicted molar refractivity (Wildman–Crippen MR) is 143 cm³/mol. The zero-order valence-electron chi connectivity index (χ0n) is 21.9. The Bertz CT molecular complexity index is 1450. The fourth-order valence-electron chi connectivity index (χ4n) is 4.55. The van der Waals surface area contributed by atoms with E-state index in [0.29, 0.717) is 16.5 Å². The number of likely N-dealkylation sites (tertiary alicyclic amines) is 1. The van der Waals surface area contributed by atoms with Crippen molar-refractivity contribution in [3.8, 4) is 6.07 Å². The Labute approximate surface area is 221 Å². The Hall–Kier alpha value is -4.12. The molecule has 0 radical (unpaired) electrons. The molecule has 1 aliphatic rings. The van der Waals surface area contributed by atoms with Crippen molar-refractivity contribution in [1.82, 2.24) is 15.2 Å². The molecule has 38 heavy (non-hydrogen) atoms. The molecule has 1 aliphatic heterocycles. The molecule has 0 bridgehead atoms. The monoisotopic (exact) mass is 516 g/mol. The number of aromatic nitrogens is 1. The SMILES string of the molecule is CC(=Cc1ccc(C(C)(C)C)cc1)c1ccc2nccc(C(=O)NCC(=O)N3CC(F)(F)CC3C#N)c2c1. The summed E-state index contributed by atoms with van der Waals surface area (Å²) in [7, 11) is 0. The lowest BCUT2D eigenvalue weighted by atomic mass is 9.86. The lowest BCUT2D eigenvalue weighted by molar-refractivity contribution is -0.131. The first-order valence-electron chi connectivity index (χ1n) is 12.4. The average Bonchev–Trinajstić information content (AvgIpc) is 3.20. The van der Waals surface area contributed by atoms with Crippen LogP contribution in [0.15, 0.2) is 54.7 Å². The molecule has 3 aromatic rings. The minimum atomic E-state index is -3.11. The summed E-state index contributed by atoms with van der Waals surface area (Å²) in [5, 5.41) is 12.2. The molecule has 1 atom stereocenters. The van der Waals surface area contributed by atoms with E-state index in [1.807, 2.05) is 25.1 Å². The highest BCUT2D eigenvalue weighted by atomic mass is 19.3. The first kappa shape index (κ1) is 26.9. The van der Waals surface area contributed by atoms with Gasteiger partial charge < -0.3 is 10.2 Å². The molecule has 1 unspecified atom stereocenters. The highest BCUT2D eigenvalue weighted by Gasteiger charge is 2.47. The second-order valence-electron chi connectivity index (χ2n) is 10.7. The van der Waals surface area contributed by atoms with Crippen LogP contribution in [0.5, 0.6) is 0 Å². The molecule has 0 spiro atoms. The zero-order valence-corrected chi connectivity index (χ0v) is 21.9. The summed E-state index contributed by atoms with van der Waals surface area (Å²) in [5.74, 6) is -4.36. The van der Waals surface area contributed by atoms with Gasteiger partial charge in [0.25, 0.3) is 11.8 Å². The number of benzene rings is 2. The van der Waals surface area contributed by atoms with Gasteiger partial charge in [-0.05, 0) is 52.8 Å². The summed E-state index contributed by atoms with van der Waals surface area (Å²) in [6.07, 6.45) is 2.87. The van der Waals surface area contributed by atoms with Gasteiger partial charge in [0, 0.05) is 18.0 Å². The van der Waals surface area contributed by atoms with E-state index in [9.17, 15) is 18.4 Å². The maximum atomic E-state index is 13.7. The van der Waals surface area contributed by atoms with Crippen molar-refractivity contribution in [1.29, 1.82) is 5.26 Å². The second-order valence-corrected chi connectivity index (χ2v) is 10.7. The minimum Gasteiger partial charge on any atom is -0.343 e. The fourth-order valence-corrected chi connectivity index (χ4v) is 4.55. The lowest BCUT2D eigenvalue weighted by Gasteiger charge is -2.19. The maximum Gasteiger partial charge on any atom is 0.268 e. The number of hydrogen-bond donors (Lipinski definition) is 1. The van der Waals surface area contributed by atoms with Crippen molar-refractivity contribution >= 4 is 34.4 Å². The quantitative estimate of drug-likeness (QED) is 0.449. The molecule has 0 aliphatic carbocycles. The molecule has 1 fully saturated rings. The number of nitrogens with zero attached hydrogens (tertiary/aromatic N) is 3. The first-order chi connectivity index (χ1) is 17.9. The molecule has 1 saturated heterocycles. The van der Waals surface area contributed by atoms with Gasteiger partial charge in [-0.1, -0.05) is 57.2 Å². The minimum absolute atomic E-state index is 0.0706. The Morgan fingerprint density at radius 2 is 1.89 bits per heavy atom. The van der Waals surface area contributed by atoms with E-state index >= 15 is 0 Å². The number of amides is 2. The average molecular weight is 517 g/mol. The molecular weight excluding hydrogens is 486 g/mol. The first-order valence-corrected chi connectivity index (χ1v) is 12.4. The Balaban J connectivity index is 1.53. The molecule has 4 rings (SSSR count). The van der Waals surface area contributed by atoms with E-state index in [2.05, 4.69) is 61.4 Å². The summed E-state index contributed by atoms with van der Waals surface area (Å²) in [5.41, 5.74) is 5.21. The third-order valence-electron chi connectivity index (χ3n) is 6.74. The molecule has 196 valence electrons. The van der Waals surface area contributed by atoms with E-state index < -0.39 is 43.3 Å². The van der Waals surface area contributed by atoms with Crippen LogP contribution in [0.1, 0.15) is 61.2 Å². The molecule has 6 nitrogen and oxygen atoms in total. The van der Waals surface area contributed by atoms with E-state index in [4.69, 9.17) is 5.26 Å². The summed E-state index contributed by atoms with van der Waals surface area (Å²) >= 11 is 0. The van der Waals surface area contributed by atoms with Crippen LogP contribution < -0.4 is 5.32 Å². The van der Waals surface area contributed by atoms with Crippen LogP contribution in [0.3, 0.4) is 0 Å². The number of carbonyl (C=O) groups excluding carboxylic acids is 2. The second kappa shape index (κ2) is 10.3. The maximum absolute atomic E-state index is 13.7. The number of carbonyl (C=O) groups is 2. The van der Waals surface area contributed by atoms with Crippen molar-refractivity contribution < 1.29 is 18.4 Å². The number of nitriles is 1. The Morgan fingerprint density at radius 3 is 2.55 bits per heavy atom. The van der Waals surface area contributed by atoms with E-state index in [0.717, 1.165) is 21.6 Å². The van der Waals surface area contributed by atoms with E-state index in [1.54, 1.807) is 12.1 Å². The van der Waals surface area contributed by atoms with E-state index in [-0.39, 0.29) is 5.41 Å². The molecule has 2 aromatic carbocycles. The van der Waals surface area contributed by atoms with Crippen LogP contribution in [0.2, 0.25) is 0 Å². The van der Waals surface area contributed by atoms with Crippen LogP contribution in [0, 0.1) is 11.3 Å². The summed E-state index contributed by atoms with van der Waals surface area (Å²) in [6.45, 7) is 7.19. The van der Waals surface area contributed by atoms with E-state index in [1.165, 1.54) is 11.8 Å². The molecule has 1 N–H and O–H groups in total. The number of alkyl halides is 2. The highest BCUT2D eigenvalue weighted by molar-refractivity contribution is 6.07. The lowest BCUT2D eigenvalue weighted by Crippen LogP contribution is -2.43. The predicted octanol–water partition coefficient (Wildman–Crippen LogP) is 5.58. The molecule has 8 heteroatoms. The smallest absolute Gasteiger partial charge is 0.268 e. The van der Waals surface area contributed by atoms with Gasteiger partial charge in [-0.15, -0.1) is 0 Å². The van der Waals surface area contributed by atoms with Gasteiger partial charge in [-0.25, -0.2) is 8.78 Å². The van der Waals surface area contributed by atoms with Crippen molar-refractivity contribution in [3.05, 3.63) is 77.0 Å². The number of hydrogen-bond acceptors (Lipinski definition) is 4. The van der Waals surface area contributed by atoms with Crippen LogP contribution in [0.25, 0.3) is 22.6 Å². The van der Waals surface area contributed by atoms with Gasteiger partial charge in [-0.3, -0.25) is 14.6 Å². The number of allylic oxidation sites excluding steroid dienone is 1. The molecule has 1 aromatic heterocycles. The number of halogens is 2. The number of fused-ring (bicyclic) bond motifs is 1. The Morgan fingerprint density at radius 1 is 1.18 bits per heavy atom. The van der Waals surface area contributed by atoms with Gasteiger partial charge in [0.15, 0.2) is 0 Å². The highest BCUT2D eigenvalue weighted by Crippen LogP contribution is 2.32. The topological polar surface area (TPSA) is 86.1 Å². The molecule has 2 heterocycles. The fraction of sp³-hybridized carbons (Fsp3) is 0.333. The summed E-state index contributed by atoms with van der Waals surface area (Å²) in [4.78, 5) is 30.7. The zero-order chi connectivity index (χ0) is 27.7. The van der Waals surface area contributed by atoms with Gasteiger partial charge >= 0.3 is 0 Å². The van der Waals surface area contributed by atoms with Crippen LogP contribution in [-0.4, -0.2) is 46.8 Å². The summed E-state index contributed by atoms with van der Waals surface area (Å²) in [6, 6.07) is 16.1. The molecule has 2 amide bonds. The van der Waals surface area contributed by atoms with Crippen molar-refractivity contribution in [2.24, 2.45) is 0 Å². The third-order valence-corrected chi connectivity index (χ3v) is 6.74. The van der Waals surface area contributed by atoms with Crippen molar-refractivity contribution in [2.45, 2.75) is 51.5 Å². The van der Waals surface area contributed by atoms with Crippen molar-refractivity contribution in [3.63, 3.8) is 0 Å². The third kappa shape index (κ3) is 5.88. The van der Waals surface area contributed by atoms with Crippen LogP contribution in [0.4, 0.5) is 8.78 Å². The van der Waals surface area contributed by atoms with Crippen LogP contribution >= 0.6 is 0 Å². The summed E-state index contributed by atoms with van der Waals surface area (Å²) < 4.78 is 27.4. The number of pyridine rings is 1. The molecular formula is C30H30F2N4O2. The van der Waals surface area contributed by atoms with Gasteiger partial charge in [0.1, 0.15) is 6.04 Å². The van der Waals surface area contributed by atoms with Gasteiger partial charge in [-0.2, -0.15) is 5.26 Å². The largest absolute Gasteiger partial charge is 0.343 e. The van der Waals surface area contributed by atoms with Gasteiger partial charge in [0.2, 0.25) is 5.91 Å². The van der Waals surface area contributed by atoms with Crippen LogP contribution in [-0.2, 0) is 10.2 Å². The van der Waals surface area contributed by atoms with Gasteiger partial charge in [0.05, 0.1) is 30.2 Å². The standard InChI is InChI=1S/C30H30F2N4O2/c1-19(13-20-5-8-22(9-6-20)29(2,3)4)21-7-10-26-25(14-21)24(11-12-34-26)28(38)35-17-27(37)36-18-30(31,32)15-23(36)16-33/h5-14,23H,15,17-18H2,1-4H3,(H,35,38). The molecule has 0 saturated carbocycles. The normalized spacial score (nSPS) is 17.3.